The largest absolute Gasteiger partial charge is 0.490 e. The first-order valence-corrected chi connectivity index (χ1v) is 8.59. The van der Waals surface area contributed by atoms with Crippen LogP contribution < -0.4 is 5.73 Å². The van der Waals surface area contributed by atoms with Gasteiger partial charge in [-0.25, -0.2) is 14.6 Å². The van der Waals surface area contributed by atoms with Crippen molar-refractivity contribution in [2.45, 2.75) is 18.3 Å². The number of halogens is 3. The fourth-order valence-corrected chi connectivity index (χ4v) is 2.86. The zero-order valence-electron chi connectivity index (χ0n) is 13.6. The maximum Gasteiger partial charge on any atom is 0.490 e. The van der Waals surface area contributed by atoms with E-state index in [0.29, 0.717) is 16.4 Å². The Morgan fingerprint density at radius 3 is 2.50 bits per heavy atom. The molecule has 1 saturated heterocycles. The van der Waals surface area contributed by atoms with E-state index in [9.17, 15) is 26.4 Å². The molecule has 0 saturated carbocycles. The minimum absolute atomic E-state index is 0.149. The van der Waals surface area contributed by atoms with Gasteiger partial charge in [0.2, 0.25) is 0 Å². The van der Waals surface area contributed by atoms with Crippen molar-refractivity contribution in [1.29, 1.82) is 0 Å². The number of carboxylic acid groups (broad SMARTS) is 1. The van der Waals surface area contributed by atoms with Gasteiger partial charge in [-0.15, -0.1) is 4.28 Å². The monoisotopic (exact) mass is 430 g/mol. The first-order valence-electron chi connectivity index (χ1n) is 7.22. The van der Waals surface area contributed by atoms with Gasteiger partial charge in [-0.1, -0.05) is 6.08 Å². The van der Waals surface area contributed by atoms with Crippen LogP contribution in [0, 0.1) is 0 Å². The zero-order chi connectivity index (χ0) is 21.3. The molecule has 2 amide bonds. The minimum Gasteiger partial charge on any atom is -0.475 e. The summed E-state index contributed by atoms with van der Waals surface area (Å²) < 4.78 is 71.9. The third-order valence-electron chi connectivity index (χ3n) is 3.59. The lowest BCUT2D eigenvalue weighted by Gasteiger charge is -2.27. The Kier molecular flexibility index (Phi) is 5.97. The Balaban J connectivity index is 0.000000345. The molecule has 4 N–H and O–H groups in total. The lowest BCUT2D eigenvalue weighted by Crippen LogP contribution is -2.43. The van der Waals surface area contributed by atoms with E-state index in [1.807, 2.05) is 0 Å². The van der Waals surface area contributed by atoms with Crippen LogP contribution in [0.25, 0.3) is 5.57 Å². The summed E-state index contributed by atoms with van der Waals surface area (Å²) in [6.45, 7) is 0.318. The third-order valence-corrected chi connectivity index (χ3v) is 3.94. The molecule has 28 heavy (non-hydrogen) atoms. The van der Waals surface area contributed by atoms with Crippen molar-refractivity contribution in [3.63, 3.8) is 0 Å². The molecule has 0 aromatic carbocycles. The standard InChI is InChI=1S/C10H12N4O6S.C2HF3O2/c11-2-6-1-7(9-3-12-5-19-9)8-4-13(6)10(15)14(8)20-21(16,17)18;3-2(4,5)1(6)7/h1,3,5-6,8H,2,4,11H2,(H,16,17,18);(H,6,7)/t6?,8-;/m0./s1. The SMILES string of the molecule is NCC1C=C(c2cnco2)[C@@H]2CN1C(=O)N2OS(=O)(=O)O.O=C(O)C(F)(F)F. The van der Waals surface area contributed by atoms with Crippen molar-refractivity contribution in [2.24, 2.45) is 5.73 Å². The predicted molar refractivity (Wildman–Crippen MR) is 81.4 cm³/mol. The summed E-state index contributed by atoms with van der Waals surface area (Å²) in [5, 5.41) is 7.72. The molecule has 1 aromatic rings. The van der Waals surface area contributed by atoms with Gasteiger partial charge in [0.15, 0.2) is 12.2 Å². The highest BCUT2D eigenvalue weighted by Crippen LogP contribution is 2.35. The van der Waals surface area contributed by atoms with Gasteiger partial charge in [0.05, 0.1) is 18.8 Å². The summed E-state index contributed by atoms with van der Waals surface area (Å²) in [5.74, 6) is -2.38. The van der Waals surface area contributed by atoms with Crippen LogP contribution in [0.3, 0.4) is 0 Å². The van der Waals surface area contributed by atoms with Crippen LogP contribution in [0.15, 0.2) is 23.1 Å². The summed E-state index contributed by atoms with van der Waals surface area (Å²) in [7, 11) is -4.82. The highest BCUT2D eigenvalue weighted by Gasteiger charge is 2.48. The van der Waals surface area contributed by atoms with Crippen molar-refractivity contribution in [2.75, 3.05) is 13.1 Å². The maximum absolute atomic E-state index is 12.2. The molecule has 1 aromatic heterocycles. The number of hydrogen-bond donors (Lipinski definition) is 3. The number of aliphatic carboxylic acids is 1. The van der Waals surface area contributed by atoms with Crippen molar-refractivity contribution >= 4 is 28.0 Å². The van der Waals surface area contributed by atoms with E-state index in [1.165, 1.54) is 17.5 Å². The van der Waals surface area contributed by atoms with E-state index < -0.39 is 40.7 Å². The van der Waals surface area contributed by atoms with E-state index in [0.717, 1.165) is 0 Å². The number of hydroxylamine groups is 2. The number of carboxylic acids is 1. The molecule has 3 heterocycles. The molecule has 1 unspecified atom stereocenters. The number of urea groups is 1. The smallest absolute Gasteiger partial charge is 0.475 e. The molecule has 2 bridgehead atoms. The number of alkyl halides is 3. The van der Waals surface area contributed by atoms with Crippen molar-refractivity contribution < 1.29 is 49.5 Å². The quantitative estimate of drug-likeness (QED) is 0.545. The first kappa shape index (κ1) is 21.6. The molecular weight excluding hydrogens is 417 g/mol. The molecule has 1 fully saturated rings. The van der Waals surface area contributed by atoms with E-state index >= 15 is 0 Å². The Labute approximate surface area is 154 Å². The molecule has 16 heteroatoms. The number of hydrogen-bond acceptors (Lipinski definition) is 8. The Bertz CT molecular complexity index is 870. The first-order chi connectivity index (χ1) is 12.8. The van der Waals surface area contributed by atoms with Gasteiger partial charge < -0.3 is 20.2 Å². The molecular formula is C12H13F3N4O8S. The fraction of sp³-hybridized carbons (Fsp3) is 0.417. The predicted octanol–water partition coefficient (Wildman–Crippen LogP) is -0.127. The Morgan fingerprint density at radius 2 is 2.07 bits per heavy atom. The molecule has 0 radical (unpaired) electrons. The highest BCUT2D eigenvalue weighted by molar-refractivity contribution is 7.80. The molecule has 2 aliphatic heterocycles. The average molecular weight is 430 g/mol. The number of carbonyl (C=O) groups is 2. The number of aromatic nitrogens is 1. The van der Waals surface area contributed by atoms with Crippen molar-refractivity contribution in [3.05, 3.63) is 24.4 Å². The summed E-state index contributed by atoms with van der Waals surface area (Å²) in [6, 6.07) is -1.86. The molecule has 2 aliphatic rings. The minimum atomic E-state index is -5.08. The summed E-state index contributed by atoms with van der Waals surface area (Å²) in [6.07, 6.45) is -0.742. The summed E-state index contributed by atoms with van der Waals surface area (Å²) >= 11 is 0. The van der Waals surface area contributed by atoms with Crippen LogP contribution in [0.1, 0.15) is 5.76 Å². The van der Waals surface area contributed by atoms with Gasteiger partial charge in [-0.05, 0) is 0 Å². The summed E-state index contributed by atoms with van der Waals surface area (Å²) in [4.78, 5) is 26.2. The van der Waals surface area contributed by atoms with E-state index in [1.54, 1.807) is 6.08 Å². The van der Waals surface area contributed by atoms with Crippen LogP contribution in [0.2, 0.25) is 0 Å². The van der Waals surface area contributed by atoms with Gasteiger partial charge in [0.25, 0.3) is 0 Å². The number of amides is 2. The normalized spacial score (nSPS) is 21.9. The van der Waals surface area contributed by atoms with Crippen LogP contribution in [-0.4, -0.2) is 76.4 Å². The van der Waals surface area contributed by atoms with Crippen LogP contribution in [-0.2, 0) is 19.5 Å². The second-order valence-corrected chi connectivity index (χ2v) is 6.38. The van der Waals surface area contributed by atoms with E-state index in [-0.39, 0.29) is 13.1 Å². The number of carbonyl (C=O) groups excluding carboxylic acids is 1. The van der Waals surface area contributed by atoms with E-state index in [4.69, 9.17) is 24.6 Å². The lowest BCUT2D eigenvalue weighted by atomic mass is 9.98. The lowest BCUT2D eigenvalue weighted by molar-refractivity contribution is -0.192. The molecule has 12 nitrogen and oxygen atoms in total. The molecule has 2 atom stereocenters. The van der Waals surface area contributed by atoms with Gasteiger partial charge in [0.1, 0.15) is 6.04 Å². The van der Waals surface area contributed by atoms with E-state index in [2.05, 4.69) is 9.27 Å². The van der Waals surface area contributed by atoms with Gasteiger partial charge >= 0.3 is 28.6 Å². The number of nitrogens with zero attached hydrogens (tertiary/aromatic N) is 3. The van der Waals surface area contributed by atoms with Crippen molar-refractivity contribution in [1.82, 2.24) is 14.9 Å². The molecule has 156 valence electrons. The number of fused-ring (bicyclic) bond motifs is 2. The van der Waals surface area contributed by atoms with Crippen LogP contribution in [0.5, 0.6) is 0 Å². The van der Waals surface area contributed by atoms with Gasteiger partial charge in [-0.3, -0.25) is 4.55 Å². The summed E-state index contributed by atoms with van der Waals surface area (Å²) in [5.41, 5.74) is 6.15. The third kappa shape index (κ3) is 4.77. The Hall–Kier alpha value is -2.69. The highest BCUT2D eigenvalue weighted by atomic mass is 32.3. The maximum atomic E-state index is 12.2. The van der Waals surface area contributed by atoms with Crippen LogP contribution in [0.4, 0.5) is 18.0 Å². The van der Waals surface area contributed by atoms with Crippen molar-refractivity contribution in [3.8, 4) is 0 Å². The number of rotatable bonds is 4. The number of oxazole rings is 1. The molecule has 0 spiro atoms. The zero-order valence-corrected chi connectivity index (χ0v) is 14.4. The van der Waals surface area contributed by atoms with Gasteiger partial charge in [-0.2, -0.15) is 26.7 Å². The number of nitrogens with two attached hydrogens (primary N) is 1. The Morgan fingerprint density at radius 1 is 1.46 bits per heavy atom. The fourth-order valence-electron chi connectivity index (χ4n) is 2.49. The van der Waals surface area contributed by atoms with Crippen LogP contribution >= 0.6 is 0 Å². The topological polar surface area (TPSA) is 176 Å². The average Bonchev–Trinajstić information content (AvgIpc) is 3.18. The molecule has 3 rings (SSSR count). The second-order valence-electron chi connectivity index (χ2n) is 5.37. The second kappa shape index (κ2) is 7.74. The van der Waals surface area contributed by atoms with Gasteiger partial charge in [0, 0.05) is 12.1 Å². The molecule has 0 aliphatic carbocycles.